The molecule has 1 N–H and O–H groups in total. The van der Waals surface area contributed by atoms with Gasteiger partial charge in [-0.3, -0.25) is 4.79 Å². The Bertz CT molecular complexity index is 650. The molecule has 0 spiro atoms. The van der Waals surface area contributed by atoms with Crippen LogP contribution in [-0.4, -0.2) is 12.5 Å². The minimum Gasteiger partial charge on any atom is -0.352 e. The number of halogens is 3. The molecule has 21 heavy (non-hydrogen) atoms. The van der Waals surface area contributed by atoms with Crippen LogP contribution < -0.4 is 5.32 Å². The summed E-state index contributed by atoms with van der Waals surface area (Å²) in [5, 5.41) is 2.53. The van der Waals surface area contributed by atoms with Crippen molar-refractivity contribution in [2.75, 3.05) is 6.54 Å². The standard InChI is InChI=1S/C16H14F3NO/c1-10-2-3-15(19)14(6-10)16(21)20-5-4-11-7-12(17)9-13(18)8-11/h2-3,6-9H,4-5H2,1H3,(H,20,21). The summed E-state index contributed by atoms with van der Waals surface area (Å²) in [6, 6.07) is 7.43. The summed E-state index contributed by atoms with van der Waals surface area (Å²) < 4.78 is 39.5. The van der Waals surface area contributed by atoms with Gasteiger partial charge in [-0.05, 0) is 43.2 Å². The smallest absolute Gasteiger partial charge is 0.254 e. The van der Waals surface area contributed by atoms with Gasteiger partial charge >= 0.3 is 0 Å². The van der Waals surface area contributed by atoms with Crippen molar-refractivity contribution in [2.24, 2.45) is 0 Å². The van der Waals surface area contributed by atoms with Crippen molar-refractivity contribution in [1.82, 2.24) is 5.32 Å². The first-order chi connectivity index (χ1) is 9.95. The van der Waals surface area contributed by atoms with Gasteiger partial charge in [-0.15, -0.1) is 0 Å². The van der Waals surface area contributed by atoms with Crippen molar-refractivity contribution >= 4 is 5.91 Å². The number of hydrogen-bond acceptors (Lipinski definition) is 1. The molecule has 5 heteroatoms. The summed E-state index contributed by atoms with van der Waals surface area (Å²) in [5.74, 6) is -2.48. The van der Waals surface area contributed by atoms with E-state index in [1.54, 1.807) is 13.0 Å². The quantitative estimate of drug-likeness (QED) is 0.920. The van der Waals surface area contributed by atoms with Crippen LogP contribution in [0, 0.1) is 24.4 Å². The molecule has 2 rings (SSSR count). The topological polar surface area (TPSA) is 29.1 Å². The number of carbonyl (C=O) groups excluding carboxylic acids is 1. The highest BCUT2D eigenvalue weighted by molar-refractivity contribution is 5.94. The van der Waals surface area contributed by atoms with Crippen molar-refractivity contribution in [3.05, 3.63) is 70.5 Å². The second-order valence-corrected chi connectivity index (χ2v) is 4.77. The third-order valence-corrected chi connectivity index (χ3v) is 2.99. The predicted molar refractivity (Wildman–Crippen MR) is 73.5 cm³/mol. The third-order valence-electron chi connectivity index (χ3n) is 2.99. The lowest BCUT2D eigenvalue weighted by atomic mass is 10.1. The van der Waals surface area contributed by atoms with Crippen LogP contribution in [-0.2, 0) is 6.42 Å². The third kappa shape index (κ3) is 4.08. The van der Waals surface area contributed by atoms with E-state index in [-0.39, 0.29) is 18.5 Å². The fraction of sp³-hybridized carbons (Fsp3) is 0.188. The van der Waals surface area contributed by atoms with Gasteiger partial charge < -0.3 is 5.32 Å². The second-order valence-electron chi connectivity index (χ2n) is 4.77. The molecule has 0 saturated carbocycles. The molecule has 2 aromatic rings. The maximum atomic E-state index is 13.5. The zero-order chi connectivity index (χ0) is 15.4. The van der Waals surface area contributed by atoms with E-state index in [0.717, 1.165) is 11.6 Å². The average Bonchev–Trinajstić information content (AvgIpc) is 2.40. The summed E-state index contributed by atoms with van der Waals surface area (Å²) >= 11 is 0. The molecule has 0 bridgehead atoms. The summed E-state index contributed by atoms with van der Waals surface area (Å²) in [7, 11) is 0. The maximum absolute atomic E-state index is 13.5. The van der Waals surface area contributed by atoms with Crippen molar-refractivity contribution < 1.29 is 18.0 Å². The fourth-order valence-corrected chi connectivity index (χ4v) is 1.98. The van der Waals surface area contributed by atoms with Crippen molar-refractivity contribution in [1.29, 1.82) is 0 Å². The summed E-state index contributed by atoms with van der Waals surface area (Å²) in [6.07, 6.45) is 0.258. The highest BCUT2D eigenvalue weighted by Crippen LogP contribution is 2.11. The lowest BCUT2D eigenvalue weighted by Gasteiger charge is -2.07. The largest absolute Gasteiger partial charge is 0.352 e. The Hall–Kier alpha value is -2.30. The molecule has 0 aliphatic rings. The average molecular weight is 293 g/mol. The van der Waals surface area contributed by atoms with Crippen molar-refractivity contribution in [3.8, 4) is 0 Å². The molecule has 2 aromatic carbocycles. The summed E-state index contributed by atoms with van der Waals surface area (Å²) in [6.45, 7) is 1.92. The van der Waals surface area contributed by atoms with E-state index >= 15 is 0 Å². The minimum atomic E-state index is -0.666. The predicted octanol–water partition coefficient (Wildman–Crippen LogP) is 3.38. The monoisotopic (exact) mass is 293 g/mol. The van der Waals surface area contributed by atoms with E-state index in [0.29, 0.717) is 5.56 Å². The van der Waals surface area contributed by atoms with Gasteiger partial charge in [-0.2, -0.15) is 0 Å². The first kappa shape index (κ1) is 15.1. The van der Waals surface area contributed by atoms with Gasteiger partial charge in [0.2, 0.25) is 0 Å². The van der Waals surface area contributed by atoms with E-state index in [2.05, 4.69) is 5.32 Å². The molecule has 0 aliphatic carbocycles. The second kappa shape index (κ2) is 6.43. The number of hydrogen-bond donors (Lipinski definition) is 1. The normalized spacial score (nSPS) is 10.5. The van der Waals surface area contributed by atoms with E-state index in [4.69, 9.17) is 0 Å². The fourth-order valence-electron chi connectivity index (χ4n) is 1.98. The van der Waals surface area contributed by atoms with E-state index in [9.17, 15) is 18.0 Å². The Morgan fingerprint density at radius 3 is 2.38 bits per heavy atom. The van der Waals surface area contributed by atoms with Gasteiger partial charge in [-0.1, -0.05) is 11.6 Å². The van der Waals surface area contributed by atoms with Gasteiger partial charge in [0.05, 0.1) is 5.56 Å². The molecule has 0 heterocycles. The highest BCUT2D eigenvalue weighted by atomic mass is 19.1. The van der Waals surface area contributed by atoms with Gasteiger partial charge in [-0.25, -0.2) is 13.2 Å². The van der Waals surface area contributed by atoms with E-state index in [1.165, 1.54) is 24.3 Å². The van der Waals surface area contributed by atoms with E-state index in [1.807, 2.05) is 0 Å². The van der Waals surface area contributed by atoms with Crippen LogP contribution in [0.1, 0.15) is 21.5 Å². The highest BCUT2D eigenvalue weighted by Gasteiger charge is 2.11. The molecule has 2 nitrogen and oxygen atoms in total. The van der Waals surface area contributed by atoms with Crippen LogP contribution >= 0.6 is 0 Å². The van der Waals surface area contributed by atoms with Gasteiger partial charge in [0.1, 0.15) is 17.5 Å². The number of amides is 1. The first-order valence-corrected chi connectivity index (χ1v) is 6.45. The van der Waals surface area contributed by atoms with Crippen LogP contribution in [0.2, 0.25) is 0 Å². The number of carbonyl (C=O) groups is 1. The van der Waals surface area contributed by atoms with Gasteiger partial charge in [0.25, 0.3) is 5.91 Å². The Morgan fingerprint density at radius 2 is 1.71 bits per heavy atom. The van der Waals surface area contributed by atoms with Crippen molar-refractivity contribution in [3.63, 3.8) is 0 Å². The Morgan fingerprint density at radius 1 is 1.05 bits per heavy atom. The van der Waals surface area contributed by atoms with Crippen LogP contribution in [0.25, 0.3) is 0 Å². The minimum absolute atomic E-state index is 0.0413. The SMILES string of the molecule is Cc1ccc(F)c(C(=O)NCCc2cc(F)cc(F)c2)c1. The number of rotatable bonds is 4. The van der Waals surface area contributed by atoms with Crippen LogP contribution in [0.15, 0.2) is 36.4 Å². The molecule has 110 valence electrons. The molecule has 0 aromatic heterocycles. The zero-order valence-corrected chi connectivity index (χ0v) is 11.4. The molecule has 0 fully saturated rings. The summed E-state index contributed by atoms with van der Waals surface area (Å²) in [4.78, 5) is 11.8. The zero-order valence-electron chi connectivity index (χ0n) is 11.4. The Balaban J connectivity index is 1.96. The lowest BCUT2D eigenvalue weighted by Crippen LogP contribution is -2.26. The summed E-state index contributed by atoms with van der Waals surface area (Å²) in [5.41, 5.74) is 1.16. The lowest BCUT2D eigenvalue weighted by molar-refractivity contribution is 0.0950. The molecule has 0 atom stereocenters. The van der Waals surface area contributed by atoms with Gasteiger partial charge in [0, 0.05) is 12.6 Å². The molecule has 0 saturated heterocycles. The number of benzene rings is 2. The molecule has 0 aliphatic heterocycles. The Labute approximate surface area is 120 Å². The number of nitrogens with one attached hydrogen (secondary N) is 1. The van der Waals surface area contributed by atoms with Gasteiger partial charge in [0.15, 0.2) is 0 Å². The number of aryl methyl sites for hydroxylation is 1. The van der Waals surface area contributed by atoms with E-state index < -0.39 is 23.4 Å². The molecule has 1 amide bonds. The maximum Gasteiger partial charge on any atom is 0.254 e. The van der Waals surface area contributed by atoms with Crippen LogP contribution in [0.3, 0.4) is 0 Å². The molecular formula is C16H14F3NO. The Kier molecular flexibility index (Phi) is 4.62. The van der Waals surface area contributed by atoms with Crippen LogP contribution in [0.4, 0.5) is 13.2 Å². The first-order valence-electron chi connectivity index (χ1n) is 6.45. The molecule has 0 unspecified atom stereocenters. The molecular weight excluding hydrogens is 279 g/mol. The van der Waals surface area contributed by atoms with Crippen molar-refractivity contribution in [2.45, 2.75) is 13.3 Å². The molecule has 0 radical (unpaired) electrons. The van der Waals surface area contributed by atoms with Crippen LogP contribution in [0.5, 0.6) is 0 Å².